The van der Waals surface area contributed by atoms with E-state index in [1.165, 1.54) is 109 Å². The summed E-state index contributed by atoms with van der Waals surface area (Å²) in [7, 11) is 3.38. The van der Waals surface area contributed by atoms with Crippen molar-refractivity contribution in [3.05, 3.63) is 11.9 Å². The molecule has 1 aromatic heterocycles. The molecule has 0 radical (unpaired) electrons. The minimum absolute atomic E-state index is 0.301. The van der Waals surface area contributed by atoms with Crippen LogP contribution in [0.3, 0.4) is 0 Å². The Kier molecular flexibility index (Phi) is 16.3. The first-order chi connectivity index (χ1) is 18.1. The van der Waals surface area contributed by atoms with Gasteiger partial charge in [-0.25, -0.2) is 4.79 Å². The number of methoxy groups -OCH3 is 1. The van der Waals surface area contributed by atoms with Crippen LogP contribution in [0.2, 0.25) is 0 Å². The molecule has 8 heteroatoms. The molecule has 1 aliphatic rings. The molecule has 1 saturated heterocycles. The summed E-state index contributed by atoms with van der Waals surface area (Å²) in [5.74, 6) is 0. The van der Waals surface area contributed by atoms with Gasteiger partial charge in [-0.3, -0.25) is 4.90 Å². The predicted octanol–water partition coefficient (Wildman–Crippen LogP) is 6.87. The third-order valence-corrected chi connectivity index (χ3v) is 7.72. The molecule has 0 saturated carbocycles. The summed E-state index contributed by atoms with van der Waals surface area (Å²) in [5.41, 5.74) is 3.59. The van der Waals surface area contributed by atoms with Crippen molar-refractivity contribution in [2.24, 2.45) is 0 Å². The molecule has 0 aliphatic carbocycles. The molecular formula is C29H55N5O3. The van der Waals surface area contributed by atoms with Gasteiger partial charge < -0.3 is 14.9 Å². The molecule has 0 aromatic carbocycles. The van der Waals surface area contributed by atoms with Crippen molar-refractivity contribution in [2.75, 3.05) is 39.3 Å². The summed E-state index contributed by atoms with van der Waals surface area (Å²) in [6.45, 7) is 3.87. The molecule has 1 amide bonds. The van der Waals surface area contributed by atoms with E-state index in [1.807, 2.05) is 6.20 Å². The smallest absolute Gasteiger partial charge is 0.410 e. The van der Waals surface area contributed by atoms with Crippen molar-refractivity contribution >= 4 is 6.09 Å². The number of amides is 1. The van der Waals surface area contributed by atoms with E-state index in [1.54, 1.807) is 23.8 Å². The highest BCUT2D eigenvalue weighted by Crippen LogP contribution is 2.26. The van der Waals surface area contributed by atoms with Crippen molar-refractivity contribution < 1.29 is 14.3 Å². The highest BCUT2D eigenvalue weighted by Gasteiger charge is 2.46. The maximum absolute atomic E-state index is 11.9. The van der Waals surface area contributed by atoms with Crippen LogP contribution in [0.15, 0.2) is 6.20 Å². The number of hydrogen-bond acceptors (Lipinski definition) is 6. The Morgan fingerprint density at radius 2 is 1.41 bits per heavy atom. The number of aromatic nitrogens is 3. The Balaban J connectivity index is 1.39. The Labute approximate surface area is 226 Å². The minimum atomic E-state index is -0.528. The van der Waals surface area contributed by atoms with Gasteiger partial charge in [0.05, 0.1) is 18.5 Å². The lowest BCUT2D eigenvalue weighted by atomic mass is 9.95. The molecule has 8 nitrogen and oxygen atoms in total. The normalized spacial score (nSPS) is 17.5. The van der Waals surface area contributed by atoms with Crippen LogP contribution in [0, 0.1) is 0 Å². The number of carbonyl (C=O) groups is 1. The fourth-order valence-electron chi connectivity index (χ4n) is 5.23. The molecule has 0 spiro atoms. The number of ether oxygens (including phenoxy) is 2. The van der Waals surface area contributed by atoms with Crippen LogP contribution in [0.1, 0.15) is 128 Å². The molecule has 1 atom stereocenters. The number of hydrogen-bond donors (Lipinski definition) is 1. The summed E-state index contributed by atoms with van der Waals surface area (Å²) >= 11 is 0. The number of carbonyl (C=O) groups excluding carboxylic acids is 1. The average Bonchev–Trinajstić information content (AvgIpc) is 3.45. The van der Waals surface area contributed by atoms with E-state index in [2.05, 4.69) is 22.7 Å². The SMILES string of the molecule is CCCCCCCCCCCCCCCCCCCCNn1cc(CC2(COC)COC(=O)N2C)nn1. The monoisotopic (exact) mass is 521 g/mol. The van der Waals surface area contributed by atoms with Gasteiger partial charge in [0.15, 0.2) is 0 Å². The Hall–Kier alpha value is -1.83. The van der Waals surface area contributed by atoms with Gasteiger partial charge in [-0.1, -0.05) is 116 Å². The van der Waals surface area contributed by atoms with Gasteiger partial charge in [-0.15, -0.1) is 5.10 Å². The van der Waals surface area contributed by atoms with Gasteiger partial charge in [0, 0.05) is 27.1 Å². The van der Waals surface area contributed by atoms with E-state index in [9.17, 15) is 4.79 Å². The number of likely N-dealkylation sites (N-methyl/N-ethyl adjacent to an activating group) is 1. The van der Waals surface area contributed by atoms with Crippen LogP contribution in [0.25, 0.3) is 0 Å². The molecule has 37 heavy (non-hydrogen) atoms. The van der Waals surface area contributed by atoms with Crippen molar-refractivity contribution in [1.29, 1.82) is 0 Å². The zero-order valence-electron chi connectivity index (χ0n) is 24.1. The van der Waals surface area contributed by atoms with E-state index in [0.29, 0.717) is 19.6 Å². The van der Waals surface area contributed by atoms with E-state index >= 15 is 0 Å². The second-order valence-electron chi connectivity index (χ2n) is 11.0. The molecule has 0 bridgehead atoms. The highest BCUT2D eigenvalue weighted by atomic mass is 16.6. The first-order valence-electron chi connectivity index (χ1n) is 15.2. The number of cyclic esters (lactones) is 1. The molecule has 214 valence electrons. The van der Waals surface area contributed by atoms with E-state index < -0.39 is 5.54 Å². The first kappa shape index (κ1) is 31.4. The summed E-state index contributed by atoms with van der Waals surface area (Å²) in [4.78, 5) is 15.1. The molecule has 2 heterocycles. The molecule has 1 unspecified atom stereocenters. The van der Waals surface area contributed by atoms with E-state index in [4.69, 9.17) is 9.47 Å². The quantitative estimate of drug-likeness (QED) is 0.149. The lowest BCUT2D eigenvalue weighted by Gasteiger charge is -2.31. The van der Waals surface area contributed by atoms with Crippen molar-refractivity contribution in [3.8, 4) is 0 Å². The third kappa shape index (κ3) is 12.5. The molecule has 1 fully saturated rings. The zero-order chi connectivity index (χ0) is 26.6. The van der Waals surface area contributed by atoms with Crippen LogP contribution >= 0.6 is 0 Å². The summed E-state index contributed by atoms with van der Waals surface area (Å²) < 4.78 is 10.6. The van der Waals surface area contributed by atoms with Crippen LogP contribution in [-0.4, -0.2) is 65.6 Å². The Morgan fingerprint density at radius 3 is 1.86 bits per heavy atom. The standard InChI is InChI=1S/C29H55N5O3/c1-4-5-6-7-8-9-10-11-12-13-14-15-16-17-18-19-20-21-22-30-34-24-27(31-32-34)23-29(25-36-3)26-37-28(35)33(29)2/h24,30H,4-23,25-26H2,1-3H3. The summed E-state index contributed by atoms with van der Waals surface area (Å²) in [5, 5.41) is 8.45. The molecule has 1 aromatic rings. The van der Waals surface area contributed by atoms with E-state index in [-0.39, 0.29) is 6.09 Å². The second-order valence-corrected chi connectivity index (χ2v) is 11.0. The largest absolute Gasteiger partial charge is 0.447 e. The zero-order valence-corrected chi connectivity index (χ0v) is 24.1. The van der Waals surface area contributed by atoms with Gasteiger partial charge >= 0.3 is 6.09 Å². The minimum Gasteiger partial charge on any atom is -0.447 e. The number of nitrogens with zero attached hydrogens (tertiary/aromatic N) is 4. The van der Waals surface area contributed by atoms with Crippen molar-refractivity contribution in [3.63, 3.8) is 0 Å². The van der Waals surface area contributed by atoms with Crippen LogP contribution < -0.4 is 5.43 Å². The predicted molar refractivity (Wildman–Crippen MR) is 150 cm³/mol. The fourth-order valence-corrected chi connectivity index (χ4v) is 5.23. The number of nitrogens with one attached hydrogen (secondary N) is 1. The number of unbranched alkanes of at least 4 members (excludes halogenated alkanes) is 17. The number of rotatable bonds is 24. The van der Waals surface area contributed by atoms with Crippen molar-refractivity contribution in [2.45, 2.75) is 134 Å². The van der Waals surface area contributed by atoms with Crippen LogP contribution in [-0.2, 0) is 15.9 Å². The fraction of sp³-hybridized carbons (Fsp3) is 0.897. The molecule has 1 N–H and O–H groups in total. The first-order valence-corrected chi connectivity index (χ1v) is 15.2. The lowest BCUT2D eigenvalue weighted by molar-refractivity contribution is 0.0649. The highest BCUT2D eigenvalue weighted by molar-refractivity contribution is 5.71. The Morgan fingerprint density at radius 1 is 0.892 bits per heavy atom. The maximum Gasteiger partial charge on any atom is 0.410 e. The van der Waals surface area contributed by atoms with Gasteiger partial charge in [-0.2, -0.15) is 4.79 Å². The maximum atomic E-state index is 11.9. The van der Waals surface area contributed by atoms with Gasteiger partial charge in [-0.05, 0) is 11.6 Å². The van der Waals surface area contributed by atoms with Gasteiger partial charge in [0.1, 0.15) is 12.1 Å². The summed E-state index contributed by atoms with van der Waals surface area (Å²) in [6, 6.07) is 0. The van der Waals surface area contributed by atoms with Gasteiger partial charge in [0.25, 0.3) is 0 Å². The molecule has 1 aliphatic heterocycles. The van der Waals surface area contributed by atoms with E-state index in [0.717, 1.165) is 18.7 Å². The average molecular weight is 522 g/mol. The summed E-state index contributed by atoms with van der Waals surface area (Å²) in [6.07, 6.45) is 27.1. The van der Waals surface area contributed by atoms with Crippen molar-refractivity contribution in [1.82, 2.24) is 20.0 Å². The molecular weight excluding hydrogens is 466 g/mol. The van der Waals surface area contributed by atoms with Gasteiger partial charge in [0.2, 0.25) is 0 Å². The third-order valence-electron chi connectivity index (χ3n) is 7.72. The van der Waals surface area contributed by atoms with Crippen LogP contribution in [0.4, 0.5) is 4.79 Å². The van der Waals surface area contributed by atoms with Crippen LogP contribution in [0.5, 0.6) is 0 Å². The molecule has 2 rings (SSSR count). The lowest BCUT2D eigenvalue weighted by Crippen LogP contribution is -2.50. The Bertz CT molecular complexity index is 713. The second kappa shape index (κ2) is 19.3. The topological polar surface area (TPSA) is 81.5 Å².